The zero-order valence-corrected chi connectivity index (χ0v) is 37.2. The third-order valence-electron chi connectivity index (χ3n) is 13.9. The van der Waals surface area contributed by atoms with Crippen LogP contribution in [0.3, 0.4) is 0 Å². The number of hydrogen-bond acceptors (Lipinski definition) is 2. The molecule has 0 aliphatic heterocycles. The number of hydrogen-bond donors (Lipinski definition) is 0. The third-order valence-corrected chi connectivity index (χ3v) is 13.9. The summed E-state index contributed by atoms with van der Waals surface area (Å²) in [5, 5.41) is 6.26. The van der Waals surface area contributed by atoms with Crippen molar-refractivity contribution in [3.8, 4) is 45.5 Å². The maximum absolute atomic E-state index is 9.51. The molecule has 0 unspecified atom stereocenters. The van der Waals surface area contributed by atoms with Gasteiger partial charge in [-0.1, -0.05) is 170 Å². The van der Waals surface area contributed by atoms with E-state index in [1.54, 1.807) is 9.13 Å². The molecule has 0 atom stereocenters. The minimum absolute atomic E-state index is 0.0789. The van der Waals surface area contributed by atoms with Crippen LogP contribution >= 0.6 is 0 Å². The molecule has 6 nitrogen and oxygen atoms in total. The Kier molecular flexibility index (Phi) is 6.74. The molecule has 0 aliphatic carbocycles. The summed E-state index contributed by atoms with van der Waals surface area (Å²) in [5.74, 6) is 0.345. The van der Waals surface area contributed by atoms with Gasteiger partial charge >= 0.3 is 0 Å². The smallest absolute Gasteiger partial charge is 0.237 e. The first kappa shape index (κ1) is 31.5. The van der Waals surface area contributed by atoms with Crippen LogP contribution in [0.25, 0.3) is 133 Å². The second-order valence-corrected chi connectivity index (χ2v) is 17.5. The number of para-hydroxylation sites is 8. The Morgan fingerprint density at radius 2 is 0.757 bits per heavy atom. The Morgan fingerprint density at radius 1 is 0.329 bits per heavy atom. The minimum atomic E-state index is -0.408. The topological polar surface area (TPSA) is 45.5 Å². The molecule has 5 heterocycles. The van der Waals surface area contributed by atoms with E-state index in [-0.39, 0.29) is 59.1 Å². The van der Waals surface area contributed by atoms with E-state index in [0.29, 0.717) is 43.8 Å². The molecule has 326 valence electrons. The lowest BCUT2D eigenvalue weighted by Gasteiger charge is -2.20. The fourth-order valence-electron chi connectivity index (χ4n) is 11.0. The SMILES string of the molecule is [2H]c1c([2H])c([2H])c2c(c1[2H])c1ccccc1n2-c1cc(-c2c(-c3ccc(-n4c5ccccc5c5ccccc54)cc3)cccc2-n2c3ccccc3c3ccccc32)nc(-n2c3ccccc3c3c([2H])c([2H])c([2H])c([2H])c32)n1. The quantitative estimate of drug-likeness (QED) is 0.167. The third kappa shape index (κ3) is 5.56. The molecule has 0 aliphatic rings. The highest BCUT2D eigenvalue weighted by Crippen LogP contribution is 2.43. The summed E-state index contributed by atoms with van der Waals surface area (Å²) >= 11 is 0. The lowest BCUT2D eigenvalue weighted by molar-refractivity contribution is 0.951. The normalized spacial score (nSPS) is 13.6. The Morgan fingerprint density at radius 3 is 1.29 bits per heavy atom. The number of fused-ring (bicyclic) bond motifs is 12. The summed E-state index contributed by atoms with van der Waals surface area (Å²) in [5.41, 5.74) is 10.3. The van der Waals surface area contributed by atoms with Crippen LogP contribution in [0.5, 0.6) is 0 Å². The van der Waals surface area contributed by atoms with Gasteiger partial charge in [-0.2, -0.15) is 4.98 Å². The van der Waals surface area contributed by atoms with Crippen LogP contribution in [-0.2, 0) is 0 Å². The molecule has 0 N–H and O–H groups in total. The molecule has 0 saturated carbocycles. The highest BCUT2D eigenvalue weighted by Gasteiger charge is 2.24. The van der Waals surface area contributed by atoms with E-state index in [2.05, 4.69) is 118 Å². The van der Waals surface area contributed by atoms with Crippen LogP contribution in [0.4, 0.5) is 0 Å². The molecule has 0 spiro atoms. The Hall–Kier alpha value is -9.52. The average molecular weight is 901 g/mol. The van der Waals surface area contributed by atoms with Gasteiger partial charge in [0, 0.05) is 60.4 Å². The van der Waals surface area contributed by atoms with Crippen molar-refractivity contribution in [3.05, 3.63) is 242 Å². The van der Waals surface area contributed by atoms with Gasteiger partial charge in [0.2, 0.25) is 5.95 Å². The van der Waals surface area contributed by atoms with Gasteiger partial charge in [0.05, 0.1) is 66.5 Å². The molecule has 15 rings (SSSR count). The first-order valence-electron chi connectivity index (χ1n) is 27.2. The van der Waals surface area contributed by atoms with Crippen molar-refractivity contribution in [2.45, 2.75) is 0 Å². The second-order valence-electron chi connectivity index (χ2n) is 17.5. The largest absolute Gasteiger partial charge is 0.309 e. The van der Waals surface area contributed by atoms with Crippen LogP contribution < -0.4 is 0 Å². The molecule has 70 heavy (non-hydrogen) atoms. The van der Waals surface area contributed by atoms with Gasteiger partial charge < -0.3 is 9.13 Å². The van der Waals surface area contributed by atoms with Gasteiger partial charge in [-0.3, -0.25) is 9.13 Å². The molecule has 0 radical (unpaired) electrons. The van der Waals surface area contributed by atoms with Crippen molar-refractivity contribution in [2.24, 2.45) is 0 Å². The highest BCUT2D eigenvalue weighted by atomic mass is 15.2. The molecule has 0 bridgehead atoms. The maximum atomic E-state index is 9.51. The summed E-state index contributed by atoms with van der Waals surface area (Å²) in [6.45, 7) is 0. The summed E-state index contributed by atoms with van der Waals surface area (Å²) in [7, 11) is 0. The van der Waals surface area contributed by atoms with Crippen molar-refractivity contribution >= 4 is 87.2 Å². The van der Waals surface area contributed by atoms with E-state index in [1.807, 2.05) is 84.9 Å². The van der Waals surface area contributed by atoms with Crippen molar-refractivity contribution in [1.29, 1.82) is 0 Å². The highest BCUT2D eigenvalue weighted by molar-refractivity contribution is 6.13. The average Bonchev–Trinajstić information content (AvgIpc) is 4.40. The van der Waals surface area contributed by atoms with Crippen LogP contribution in [0.15, 0.2) is 242 Å². The zero-order valence-electron chi connectivity index (χ0n) is 45.2. The molecule has 6 heteroatoms. The standard InChI is InChI=1S/C64H40N6/c1-9-27-53-44(18-1)45-19-2-10-28-54(45)67(53)42-38-36-41(37-39-42)43-26-17-35-61(68-55-29-11-3-20-46(55)47-21-4-12-30-56(47)68)63(43)52-40-62(69-57-31-13-5-22-48(57)49-23-6-14-32-58(49)69)66-64(65-52)70-59-33-15-7-24-50(59)51-25-8-16-34-60(51)70/h1-40H/i5D,7D,13D,15D,22D,24D,31D,33D. The molecule has 0 amide bonds. The Bertz CT molecular complexity index is 4830. The molecule has 0 saturated heterocycles. The van der Waals surface area contributed by atoms with Crippen molar-refractivity contribution < 1.29 is 11.0 Å². The van der Waals surface area contributed by atoms with Crippen molar-refractivity contribution in [3.63, 3.8) is 0 Å². The zero-order chi connectivity index (χ0) is 52.8. The van der Waals surface area contributed by atoms with E-state index in [9.17, 15) is 5.48 Å². The summed E-state index contributed by atoms with van der Waals surface area (Å²) in [4.78, 5) is 10.9. The number of nitrogens with zero attached hydrogens (tertiary/aromatic N) is 6. The van der Waals surface area contributed by atoms with E-state index < -0.39 is 12.1 Å². The molecular formula is C64H40N6. The summed E-state index contributed by atoms with van der Waals surface area (Å²) in [6, 6.07) is 62.5. The molecule has 5 aromatic heterocycles. The van der Waals surface area contributed by atoms with E-state index >= 15 is 0 Å². The lowest BCUT2D eigenvalue weighted by atomic mass is 9.95. The molecule has 10 aromatic carbocycles. The minimum Gasteiger partial charge on any atom is -0.309 e. The maximum Gasteiger partial charge on any atom is 0.237 e. The van der Waals surface area contributed by atoms with Gasteiger partial charge in [0.15, 0.2) is 0 Å². The van der Waals surface area contributed by atoms with Crippen LogP contribution in [0.2, 0.25) is 0 Å². The van der Waals surface area contributed by atoms with Crippen molar-refractivity contribution in [2.75, 3.05) is 0 Å². The van der Waals surface area contributed by atoms with E-state index in [0.717, 1.165) is 66.1 Å². The van der Waals surface area contributed by atoms with Gasteiger partial charge in [0.1, 0.15) is 5.82 Å². The Labute approximate surface area is 413 Å². The molecule has 15 aromatic rings. The number of rotatable bonds is 6. The second kappa shape index (κ2) is 15.0. The summed E-state index contributed by atoms with van der Waals surface area (Å²) in [6.07, 6.45) is 0. The predicted molar refractivity (Wildman–Crippen MR) is 290 cm³/mol. The van der Waals surface area contributed by atoms with Gasteiger partial charge in [0.25, 0.3) is 0 Å². The molecule has 0 fully saturated rings. The number of aromatic nitrogens is 6. The first-order chi connectivity index (χ1) is 38.1. The fourth-order valence-corrected chi connectivity index (χ4v) is 11.0. The number of benzene rings is 10. The van der Waals surface area contributed by atoms with Crippen LogP contribution in [0, 0.1) is 0 Å². The van der Waals surface area contributed by atoms with E-state index in [1.165, 1.54) is 0 Å². The van der Waals surface area contributed by atoms with E-state index in [4.69, 9.17) is 15.5 Å². The predicted octanol–water partition coefficient (Wildman–Crippen LogP) is 16.2. The Balaban J connectivity index is 1.09. The summed E-state index contributed by atoms with van der Waals surface area (Å²) < 4.78 is 81.1. The lowest BCUT2D eigenvalue weighted by Crippen LogP contribution is -2.09. The van der Waals surface area contributed by atoms with Crippen LogP contribution in [0.1, 0.15) is 11.0 Å². The first-order valence-corrected chi connectivity index (χ1v) is 23.2. The molecular weight excluding hydrogens is 853 g/mol. The fraction of sp³-hybridized carbons (Fsp3) is 0. The van der Waals surface area contributed by atoms with Crippen molar-refractivity contribution in [1.82, 2.24) is 28.2 Å². The van der Waals surface area contributed by atoms with Gasteiger partial charge in [-0.05, 0) is 77.8 Å². The van der Waals surface area contributed by atoms with Gasteiger partial charge in [-0.25, -0.2) is 4.98 Å². The van der Waals surface area contributed by atoms with Crippen LogP contribution in [-0.4, -0.2) is 28.2 Å². The monoisotopic (exact) mass is 900 g/mol. The van der Waals surface area contributed by atoms with Gasteiger partial charge in [-0.15, -0.1) is 0 Å².